The van der Waals surface area contributed by atoms with Gasteiger partial charge in [0.25, 0.3) is 0 Å². The lowest BCUT2D eigenvalue weighted by molar-refractivity contribution is -0.122. The van der Waals surface area contributed by atoms with Crippen molar-refractivity contribution in [1.82, 2.24) is 10.6 Å². The Morgan fingerprint density at radius 1 is 0.737 bits per heavy atom. The molecule has 0 spiro atoms. The molecular formula is C29H36N2O7. The van der Waals surface area contributed by atoms with E-state index in [1.807, 2.05) is 24.3 Å². The first-order chi connectivity index (χ1) is 18.7. The molecule has 0 radical (unpaired) electrons. The van der Waals surface area contributed by atoms with Crippen molar-refractivity contribution in [3.05, 3.63) is 59.7 Å². The van der Waals surface area contributed by atoms with E-state index in [-0.39, 0.29) is 31.4 Å². The summed E-state index contributed by atoms with van der Waals surface area (Å²) in [7, 11) is 0. The van der Waals surface area contributed by atoms with E-state index in [0.29, 0.717) is 59.4 Å². The van der Waals surface area contributed by atoms with Gasteiger partial charge < -0.3 is 34.3 Å². The average Bonchev–Trinajstić information content (AvgIpc) is 3.26. The lowest BCUT2D eigenvalue weighted by Gasteiger charge is -2.14. The Labute approximate surface area is 224 Å². The SMILES string of the molecule is C#CCNC(=O)CCOCCOCCOCCOCCNC(=O)OCC1c2ccccc2-c2ccccc21. The lowest BCUT2D eigenvalue weighted by Crippen LogP contribution is -2.29. The van der Waals surface area contributed by atoms with Crippen molar-refractivity contribution in [3.8, 4) is 23.5 Å². The molecule has 2 N–H and O–H groups in total. The number of alkyl carbamates (subject to hydrolysis) is 1. The number of hydrogen-bond acceptors (Lipinski definition) is 7. The van der Waals surface area contributed by atoms with Crippen molar-refractivity contribution in [1.29, 1.82) is 0 Å². The van der Waals surface area contributed by atoms with Gasteiger partial charge in [-0.3, -0.25) is 4.79 Å². The van der Waals surface area contributed by atoms with E-state index >= 15 is 0 Å². The first kappa shape index (κ1) is 29.1. The summed E-state index contributed by atoms with van der Waals surface area (Å²) in [6.45, 7) is 4.10. The second-order valence-corrected chi connectivity index (χ2v) is 8.43. The van der Waals surface area contributed by atoms with Crippen LogP contribution in [0.1, 0.15) is 23.5 Å². The van der Waals surface area contributed by atoms with Crippen molar-refractivity contribution < 1.29 is 33.3 Å². The third kappa shape index (κ3) is 9.80. The van der Waals surface area contributed by atoms with Crippen LogP contribution < -0.4 is 10.6 Å². The van der Waals surface area contributed by atoms with Crippen molar-refractivity contribution in [2.75, 3.05) is 72.6 Å². The van der Waals surface area contributed by atoms with Crippen LogP contribution in [0.3, 0.4) is 0 Å². The number of hydrogen-bond donors (Lipinski definition) is 2. The molecule has 0 atom stereocenters. The van der Waals surface area contributed by atoms with E-state index in [0.717, 1.165) is 0 Å². The molecule has 3 rings (SSSR count). The fourth-order valence-corrected chi connectivity index (χ4v) is 4.04. The number of carbonyl (C=O) groups excluding carboxylic acids is 2. The summed E-state index contributed by atoms with van der Waals surface area (Å²) in [6.07, 6.45) is 4.88. The maximum atomic E-state index is 12.1. The summed E-state index contributed by atoms with van der Waals surface area (Å²) < 4.78 is 27.1. The molecule has 0 unspecified atom stereocenters. The van der Waals surface area contributed by atoms with Crippen LogP contribution in [0.15, 0.2) is 48.5 Å². The number of amides is 2. The molecular weight excluding hydrogens is 488 g/mol. The van der Waals surface area contributed by atoms with Crippen LogP contribution in [0.5, 0.6) is 0 Å². The molecule has 0 heterocycles. The zero-order valence-electron chi connectivity index (χ0n) is 21.6. The Hall–Kier alpha value is -3.42. The van der Waals surface area contributed by atoms with E-state index in [2.05, 4.69) is 40.8 Å². The standard InChI is InChI=1S/C29H36N2O7/c1-2-12-30-28(32)11-14-34-16-18-36-20-21-37-19-17-35-15-13-31-29(33)38-22-27-25-9-5-3-7-23(25)24-8-4-6-10-26(24)27/h1,3-10,27H,11-22H2,(H,30,32)(H,31,33). The summed E-state index contributed by atoms with van der Waals surface area (Å²) >= 11 is 0. The van der Waals surface area contributed by atoms with Crippen LogP contribution in [-0.4, -0.2) is 84.6 Å². The molecule has 0 bridgehead atoms. The number of nitrogens with one attached hydrogen (secondary N) is 2. The highest BCUT2D eigenvalue weighted by molar-refractivity contribution is 5.79. The van der Waals surface area contributed by atoms with Crippen molar-refractivity contribution in [2.24, 2.45) is 0 Å². The largest absolute Gasteiger partial charge is 0.449 e. The second-order valence-electron chi connectivity index (χ2n) is 8.43. The number of rotatable bonds is 18. The first-order valence-corrected chi connectivity index (χ1v) is 12.8. The van der Waals surface area contributed by atoms with Gasteiger partial charge in [0.1, 0.15) is 6.61 Å². The Bertz CT molecular complexity index is 1010. The molecule has 0 aromatic heterocycles. The predicted octanol–water partition coefficient (Wildman–Crippen LogP) is 2.73. The summed E-state index contributed by atoms with van der Waals surface area (Å²) in [5.74, 6) is 2.25. The van der Waals surface area contributed by atoms with Gasteiger partial charge in [0, 0.05) is 18.9 Å². The Morgan fingerprint density at radius 3 is 1.84 bits per heavy atom. The highest BCUT2D eigenvalue weighted by atomic mass is 16.6. The van der Waals surface area contributed by atoms with Gasteiger partial charge in [0.05, 0.1) is 59.4 Å². The second kappa shape index (κ2) is 17.2. The predicted molar refractivity (Wildman–Crippen MR) is 143 cm³/mol. The quantitative estimate of drug-likeness (QED) is 0.228. The van der Waals surface area contributed by atoms with Gasteiger partial charge in [-0.1, -0.05) is 54.5 Å². The third-order valence-corrected chi connectivity index (χ3v) is 5.84. The number of terminal acetylenes is 1. The first-order valence-electron chi connectivity index (χ1n) is 12.8. The van der Waals surface area contributed by atoms with Gasteiger partial charge >= 0.3 is 6.09 Å². The van der Waals surface area contributed by atoms with Gasteiger partial charge in [-0.25, -0.2) is 4.79 Å². The Morgan fingerprint density at radius 2 is 1.26 bits per heavy atom. The topological polar surface area (TPSA) is 104 Å². The molecule has 2 amide bonds. The van der Waals surface area contributed by atoms with Crippen molar-refractivity contribution in [2.45, 2.75) is 12.3 Å². The fourth-order valence-electron chi connectivity index (χ4n) is 4.04. The minimum absolute atomic E-state index is 0.0378. The molecule has 2 aromatic carbocycles. The average molecular weight is 525 g/mol. The summed E-state index contributed by atoms with van der Waals surface area (Å²) in [4.78, 5) is 23.5. The van der Waals surface area contributed by atoms with Gasteiger partial charge in [0.2, 0.25) is 5.91 Å². The Kier molecular flexibility index (Phi) is 13.2. The van der Waals surface area contributed by atoms with Gasteiger partial charge in [-0.2, -0.15) is 0 Å². The van der Waals surface area contributed by atoms with Gasteiger partial charge in [0.15, 0.2) is 0 Å². The number of benzene rings is 2. The number of ether oxygens (including phenoxy) is 5. The van der Waals surface area contributed by atoms with E-state index in [1.165, 1.54) is 22.3 Å². The van der Waals surface area contributed by atoms with Crippen LogP contribution >= 0.6 is 0 Å². The zero-order valence-corrected chi connectivity index (χ0v) is 21.6. The maximum absolute atomic E-state index is 12.1. The molecule has 0 saturated carbocycles. The third-order valence-electron chi connectivity index (χ3n) is 5.84. The number of carbonyl (C=O) groups is 2. The van der Waals surface area contributed by atoms with E-state index in [4.69, 9.17) is 30.1 Å². The lowest BCUT2D eigenvalue weighted by atomic mass is 9.98. The highest BCUT2D eigenvalue weighted by Crippen LogP contribution is 2.44. The van der Waals surface area contributed by atoms with Crippen LogP contribution in [0.4, 0.5) is 4.79 Å². The number of fused-ring (bicyclic) bond motifs is 3. The minimum atomic E-state index is -0.458. The molecule has 9 heteroatoms. The maximum Gasteiger partial charge on any atom is 0.407 e. The molecule has 0 fully saturated rings. The molecule has 38 heavy (non-hydrogen) atoms. The van der Waals surface area contributed by atoms with Crippen LogP contribution in [0.2, 0.25) is 0 Å². The van der Waals surface area contributed by atoms with Gasteiger partial charge in [-0.05, 0) is 22.3 Å². The fraction of sp³-hybridized carbons (Fsp3) is 0.448. The molecule has 1 aliphatic rings. The van der Waals surface area contributed by atoms with Crippen LogP contribution in [-0.2, 0) is 28.5 Å². The smallest absolute Gasteiger partial charge is 0.407 e. The van der Waals surface area contributed by atoms with Crippen LogP contribution in [0.25, 0.3) is 11.1 Å². The van der Waals surface area contributed by atoms with E-state index in [1.54, 1.807) is 0 Å². The van der Waals surface area contributed by atoms with Crippen molar-refractivity contribution >= 4 is 12.0 Å². The molecule has 0 saturated heterocycles. The Balaban J connectivity index is 1.12. The zero-order chi connectivity index (χ0) is 26.8. The van der Waals surface area contributed by atoms with E-state index in [9.17, 15) is 9.59 Å². The normalized spacial score (nSPS) is 11.9. The molecule has 204 valence electrons. The monoisotopic (exact) mass is 524 g/mol. The van der Waals surface area contributed by atoms with E-state index < -0.39 is 6.09 Å². The summed E-state index contributed by atoms with van der Waals surface area (Å²) in [5, 5.41) is 5.29. The summed E-state index contributed by atoms with van der Waals surface area (Å²) in [6, 6.07) is 16.5. The van der Waals surface area contributed by atoms with Crippen molar-refractivity contribution in [3.63, 3.8) is 0 Å². The molecule has 2 aromatic rings. The molecule has 0 aliphatic heterocycles. The molecule has 1 aliphatic carbocycles. The molecule has 9 nitrogen and oxygen atoms in total. The van der Waals surface area contributed by atoms with Crippen LogP contribution in [0, 0.1) is 12.3 Å². The summed E-state index contributed by atoms with van der Waals surface area (Å²) in [5.41, 5.74) is 4.76. The van der Waals surface area contributed by atoms with Gasteiger partial charge in [-0.15, -0.1) is 6.42 Å². The highest BCUT2D eigenvalue weighted by Gasteiger charge is 2.28. The minimum Gasteiger partial charge on any atom is -0.449 e.